The number of amides is 2. The number of carbonyl (C=O) groups is 2. The number of ether oxygens (including phenoxy) is 2. The van der Waals surface area contributed by atoms with Crippen molar-refractivity contribution in [1.82, 2.24) is 0 Å². The molecule has 6 nitrogen and oxygen atoms in total. The van der Waals surface area contributed by atoms with Gasteiger partial charge in [-0.25, -0.2) is 4.90 Å². The van der Waals surface area contributed by atoms with Crippen LogP contribution in [0.5, 0.6) is 11.5 Å². The van der Waals surface area contributed by atoms with E-state index in [2.05, 4.69) is 0 Å². The molecule has 0 aromatic heterocycles. The molecule has 28 heavy (non-hydrogen) atoms. The molecule has 148 valence electrons. The lowest BCUT2D eigenvalue weighted by Crippen LogP contribution is -2.92. The third-order valence-corrected chi connectivity index (χ3v) is 4.79. The summed E-state index contributed by atoms with van der Waals surface area (Å²) in [7, 11) is 1.64. The SMILES string of the molecule is CCCOc1ccc(N2C(=O)CC([NH2+]CCc3ccc(OC)cc3)C2=O)cc1. The van der Waals surface area contributed by atoms with Crippen molar-refractivity contribution >= 4 is 17.5 Å². The largest absolute Gasteiger partial charge is 0.497 e. The molecule has 1 fully saturated rings. The molecule has 2 aromatic carbocycles. The predicted octanol–water partition coefficient (Wildman–Crippen LogP) is 1.92. The van der Waals surface area contributed by atoms with Crippen molar-refractivity contribution < 1.29 is 24.4 Å². The number of carbonyl (C=O) groups excluding carboxylic acids is 2. The maximum absolute atomic E-state index is 12.7. The highest BCUT2D eigenvalue weighted by atomic mass is 16.5. The second-order valence-electron chi connectivity index (χ2n) is 6.84. The van der Waals surface area contributed by atoms with Gasteiger partial charge in [0, 0.05) is 6.42 Å². The van der Waals surface area contributed by atoms with Gasteiger partial charge in [0.05, 0.1) is 32.4 Å². The first-order chi connectivity index (χ1) is 13.6. The van der Waals surface area contributed by atoms with E-state index in [0.717, 1.165) is 30.9 Å². The van der Waals surface area contributed by atoms with Gasteiger partial charge in [-0.1, -0.05) is 19.1 Å². The van der Waals surface area contributed by atoms with E-state index in [1.807, 2.05) is 36.5 Å². The Hall–Kier alpha value is -2.86. The zero-order valence-corrected chi connectivity index (χ0v) is 16.4. The maximum atomic E-state index is 12.7. The van der Waals surface area contributed by atoms with Gasteiger partial charge >= 0.3 is 0 Å². The molecular weight excluding hydrogens is 356 g/mol. The van der Waals surface area contributed by atoms with Crippen LogP contribution in [-0.4, -0.2) is 38.1 Å². The Labute approximate surface area is 165 Å². The van der Waals surface area contributed by atoms with Gasteiger partial charge in [0.1, 0.15) is 11.5 Å². The first kappa shape index (κ1) is 19.9. The van der Waals surface area contributed by atoms with E-state index >= 15 is 0 Å². The molecule has 1 atom stereocenters. The Bertz CT molecular complexity index is 802. The molecule has 2 amide bonds. The quantitative estimate of drug-likeness (QED) is 0.672. The Morgan fingerprint density at radius 3 is 2.36 bits per heavy atom. The van der Waals surface area contributed by atoms with Crippen LogP contribution >= 0.6 is 0 Å². The van der Waals surface area contributed by atoms with Gasteiger partial charge in [0.15, 0.2) is 6.04 Å². The summed E-state index contributed by atoms with van der Waals surface area (Å²) in [4.78, 5) is 26.4. The van der Waals surface area contributed by atoms with E-state index < -0.39 is 0 Å². The normalized spacial score (nSPS) is 16.5. The van der Waals surface area contributed by atoms with E-state index in [1.54, 1.807) is 31.4 Å². The summed E-state index contributed by atoms with van der Waals surface area (Å²) in [5, 5.41) is 1.96. The molecule has 3 rings (SSSR count). The number of nitrogens with two attached hydrogens (primary N) is 1. The summed E-state index contributed by atoms with van der Waals surface area (Å²) in [5.74, 6) is 1.26. The van der Waals surface area contributed by atoms with Gasteiger partial charge in [0.2, 0.25) is 5.91 Å². The zero-order chi connectivity index (χ0) is 19.9. The van der Waals surface area contributed by atoms with Crippen LogP contribution in [0.1, 0.15) is 25.3 Å². The lowest BCUT2D eigenvalue weighted by atomic mass is 10.1. The van der Waals surface area contributed by atoms with Crippen molar-refractivity contribution in [3.05, 3.63) is 54.1 Å². The van der Waals surface area contributed by atoms with Gasteiger partial charge in [-0.05, 0) is 48.4 Å². The number of methoxy groups -OCH3 is 1. The molecule has 2 aromatic rings. The van der Waals surface area contributed by atoms with Crippen LogP contribution in [0.2, 0.25) is 0 Å². The summed E-state index contributed by atoms with van der Waals surface area (Å²) < 4.78 is 10.7. The van der Waals surface area contributed by atoms with Crippen LogP contribution in [-0.2, 0) is 16.0 Å². The average Bonchev–Trinajstić information content (AvgIpc) is 3.00. The summed E-state index contributed by atoms with van der Waals surface area (Å²) in [6.45, 7) is 3.43. The predicted molar refractivity (Wildman–Crippen MR) is 107 cm³/mol. The summed E-state index contributed by atoms with van der Waals surface area (Å²) in [6.07, 6.45) is 1.99. The second-order valence-corrected chi connectivity index (χ2v) is 6.84. The molecule has 0 aliphatic carbocycles. The fourth-order valence-electron chi connectivity index (χ4n) is 3.27. The number of hydrogen-bond donors (Lipinski definition) is 1. The monoisotopic (exact) mass is 383 g/mol. The third-order valence-electron chi connectivity index (χ3n) is 4.79. The lowest BCUT2D eigenvalue weighted by Gasteiger charge is -2.15. The summed E-state index contributed by atoms with van der Waals surface area (Å²) in [6, 6.07) is 14.6. The van der Waals surface area contributed by atoms with E-state index in [-0.39, 0.29) is 24.3 Å². The smallest absolute Gasteiger partial charge is 0.292 e. The number of imide groups is 1. The number of hydrogen-bond acceptors (Lipinski definition) is 4. The van der Waals surface area contributed by atoms with Crippen molar-refractivity contribution in [3.63, 3.8) is 0 Å². The minimum Gasteiger partial charge on any atom is -0.497 e. The molecule has 2 N–H and O–H groups in total. The van der Waals surface area contributed by atoms with Crippen molar-refractivity contribution in [2.45, 2.75) is 32.2 Å². The summed E-state index contributed by atoms with van der Waals surface area (Å²) in [5.41, 5.74) is 1.78. The second kappa shape index (κ2) is 9.37. The number of anilines is 1. The third kappa shape index (κ3) is 4.70. The Morgan fingerprint density at radius 1 is 1.04 bits per heavy atom. The standard InChI is InChI=1S/C22H26N2O4/c1-3-14-28-19-10-6-17(7-11-19)24-21(25)15-20(22(24)26)23-13-12-16-4-8-18(27-2)9-5-16/h4-11,20,23H,3,12-15H2,1-2H3/p+1. The molecule has 1 saturated heterocycles. The highest BCUT2D eigenvalue weighted by Crippen LogP contribution is 2.24. The summed E-state index contributed by atoms with van der Waals surface area (Å²) >= 11 is 0. The molecule has 0 radical (unpaired) electrons. The Morgan fingerprint density at radius 2 is 1.71 bits per heavy atom. The van der Waals surface area contributed by atoms with E-state index in [9.17, 15) is 9.59 Å². The molecular formula is C22H27N2O4+. The van der Waals surface area contributed by atoms with Crippen molar-refractivity contribution in [3.8, 4) is 11.5 Å². The van der Waals surface area contributed by atoms with Gasteiger partial charge < -0.3 is 14.8 Å². The fraction of sp³-hybridized carbons (Fsp3) is 0.364. The average molecular weight is 383 g/mol. The number of rotatable bonds is 9. The van der Waals surface area contributed by atoms with Gasteiger partial charge in [0.25, 0.3) is 5.91 Å². The van der Waals surface area contributed by atoms with E-state index in [4.69, 9.17) is 9.47 Å². The first-order valence-corrected chi connectivity index (χ1v) is 9.68. The van der Waals surface area contributed by atoms with Crippen molar-refractivity contribution in [1.29, 1.82) is 0 Å². The molecule has 1 aliphatic heterocycles. The van der Waals surface area contributed by atoms with E-state index in [0.29, 0.717) is 12.3 Å². The molecule has 0 spiro atoms. The van der Waals surface area contributed by atoms with Crippen LogP contribution in [0.3, 0.4) is 0 Å². The Kier molecular flexibility index (Phi) is 6.66. The lowest BCUT2D eigenvalue weighted by molar-refractivity contribution is -0.674. The van der Waals surface area contributed by atoms with Crippen LogP contribution in [0.25, 0.3) is 0 Å². The van der Waals surface area contributed by atoms with Crippen molar-refractivity contribution in [2.75, 3.05) is 25.2 Å². The molecule has 0 saturated carbocycles. The Balaban J connectivity index is 1.55. The van der Waals surface area contributed by atoms with Gasteiger partial charge in [-0.3, -0.25) is 9.59 Å². The molecule has 6 heteroatoms. The zero-order valence-electron chi connectivity index (χ0n) is 16.4. The highest BCUT2D eigenvalue weighted by Gasteiger charge is 2.42. The molecule has 1 unspecified atom stereocenters. The minimum atomic E-state index is -0.359. The maximum Gasteiger partial charge on any atom is 0.292 e. The molecule has 1 aliphatic rings. The number of benzene rings is 2. The topological polar surface area (TPSA) is 72.4 Å². The number of quaternary nitrogens is 1. The van der Waals surface area contributed by atoms with E-state index in [1.165, 1.54) is 10.5 Å². The van der Waals surface area contributed by atoms with Gasteiger partial charge in [-0.15, -0.1) is 0 Å². The molecule has 1 heterocycles. The fourth-order valence-corrected chi connectivity index (χ4v) is 3.27. The molecule has 0 bridgehead atoms. The van der Waals surface area contributed by atoms with Crippen LogP contribution in [0.15, 0.2) is 48.5 Å². The first-order valence-electron chi connectivity index (χ1n) is 9.68. The van der Waals surface area contributed by atoms with Crippen molar-refractivity contribution in [2.24, 2.45) is 0 Å². The minimum absolute atomic E-state index is 0.151. The van der Waals surface area contributed by atoms with Crippen LogP contribution in [0, 0.1) is 0 Å². The van der Waals surface area contributed by atoms with Crippen LogP contribution < -0.4 is 19.7 Å². The number of nitrogens with zero attached hydrogens (tertiary/aromatic N) is 1. The van der Waals surface area contributed by atoms with Crippen LogP contribution in [0.4, 0.5) is 5.69 Å². The van der Waals surface area contributed by atoms with Gasteiger partial charge in [-0.2, -0.15) is 0 Å². The highest BCUT2D eigenvalue weighted by molar-refractivity contribution is 6.21.